The maximum absolute atomic E-state index is 12.7. The van der Waals surface area contributed by atoms with Crippen molar-refractivity contribution >= 4 is 50.7 Å². The van der Waals surface area contributed by atoms with Gasteiger partial charge in [0, 0.05) is 54.6 Å². The molecule has 0 spiro atoms. The van der Waals surface area contributed by atoms with E-state index in [9.17, 15) is 9.59 Å². The van der Waals surface area contributed by atoms with Crippen molar-refractivity contribution in [2.45, 2.75) is 52.0 Å². The van der Waals surface area contributed by atoms with Crippen molar-refractivity contribution in [3.05, 3.63) is 71.8 Å². The Labute approximate surface area is 253 Å². The van der Waals surface area contributed by atoms with Crippen molar-refractivity contribution in [2.24, 2.45) is 0 Å². The molecule has 8 nitrogen and oxygen atoms in total. The first kappa shape index (κ1) is 29.1. The second kappa shape index (κ2) is 13.5. The Morgan fingerprint density at radius 3 is 1.77 bits per heavy atom. The number of aromatic nitrogens is 1. The van der Waals surface area contributed by atoms with E-state index in [1.54, 1.807) is 0 Å². The van der Waals surface area contributed by atoms with E-state index >= 15 is 0 Å². The molecule has 224 valence electrons. The highest BCUT2D eigenvalue weighted by Gasteiger charge is 2.16. The molecule has 0 aliphatic carbocycles. The van der Waals surface area contributed by atoms with E-state index in [-0.39, 0.29) is 11.8 Å². The fourth-order valence-corrected chi connectivity index (χ4v) is 6.28. The fraction of sp³-hybridized carbons (Fsp3) is 0.400. The number of pyridine rings is 1. The Balaban J connectivity index is 1.25. The van der Waals surface area contributed by atoms with Gasteiger partial charge in [-0.25, -0.2) is 4.98 Å². The summed E-state index contributed by atoms with van der Waals surface area (Å²) >= 11 is 0. The number of nitrogens with one attached hydrogen (secondary N) is 3. The minimum absolute atomic E-state index is 0.0174. The number of benzene rings is 3. The van der Waals surface area contributed by atoms with Gasteiger partial charge in [0.05, 0.1) is 16.7 Å². The summed E-state index contributed by atoms with van der Waals surface area (Å²) in [5.74, 6) is 0.0347. The SMILES string of the molecule is Cc1cccc(CNc2c3ccc(NC(=O)CCN4CCCC4)cc3nc3cc(NC(=O)CCN4CCCC4)ccc23)c1. The van der Waals surface area contributed by atoms with Crippen molar-refractivity contribution in [3.63, 3.8) is 0 Å². The zero-order valence-electron chi connectivity index (χ0n) is 25.1. The van der Waals surface area contributed by atoms with Gasteiger partial charge in [0.15, 0.2) is 0 Å². The average Bonchev–Trinajstić information content (AvgIpc) is 3.72. The first-order chi connectivity index (χ1) is 21.0. The Hall–Kier alpha value is -4.01. The molecule has 0 atom stereocenters. The number of amides is 2. The van der Waals surface area contributed by atoms with Crippen molar-refractivity contribution in [3.8, 4) is 0 Å². The molecule has 8 heteroatoms. The maximum atomic E-state index is 12.7. The number of hydrogen-bond acceptors (Lipinski definition) is 6. The van der Waals surface area contributed by atoms with Gasteiger partial charge in [-0.05, 0) is 101 Å². The molecule has 1 aromatic heterocycles. The molecule has 6 rings (SSSR count). The van der Waals surface area contributed by atoms with Crippen LogP contribution in [-0.2, 0) is 16.1 Å². The van der Waals surface area contributed by atoms with Crippen LogP contribution < -0.4 is 16.0 Å². The average molecular weight is 579 g/mol. The van der Waals surface area contributed by atoms with Gasteiger partial charge in [-0.15, -0.1) is 0 Å². The van der Waals surface area contributed by atoms with Gasteiger partial charge >= 0.3 is 0 Å². The number of fused-ring (bicyclic) bond motifs is 2. The van der Waals surface area contributed by atoms with Crippen LogP contribution in [0.3, 0.4) is 0 Å². The van der Waals surface area contributed by atoms with Crippen LogP contribution in [0.1, 0.15) is 49.7 Å². The Bertz CT molecular complexity index is 1520. The van der Waals surface area contributed by atoms with Gasteiger partial charge < -0.3 is 25.8 Å². The molecule has 3 aromatic carbocycles. The lowest BCUT2D eigenvalue weighted by atomic mass is 10.1. The summed E-state index contributed by atoms with van der Waals surface area (Å²) in [6, 6.07) is 20.3. The van der Waals surface area contributed by atoms with E-state index < -0.39 is 0 Å². The monoisotopic (exact) mass is 578 g/mol. The van der Waals surface area contributed by atoms with Crippen LogP contribution in [0, 0.1) is 6.92 Å². The summed E-state index contributed by atoms with van der Waals surface area (Å²) in [5, 5.41) is 11.8. The molecule has 0 unspecified atom stereocenters. The molecular weight excluding hydrogens is 536 g/mol. The molecule has 2 amide bonds. The smallest absolute Gasteiger partial charge is 0.225 e. The summed E-state index contributed by atoms with van der Waals surface area (Å²) in [6.45, 7) is 8.68. The van der Waals surface area contributed by atoms with E-state index in [1.165, 1.54) is 36.8 Å². The highest BCUT2D eigenvalue weighted by atomic mass is 16.2. The van der Waals surface area contributed by atoms with E-state index in [0.717, 1.165) is 78.1 Å². The second-order valence-electron chi connectivity index (χ2n) is 12.0. The number of nitrogens with zero attached hydrogens (tertiary/aromatic N) is 3. The maximum Gasteiger partial charge on any atom is 0.225 e. The molecule has 3 N–H and O–H groups in total. The van der Waals surface area contributed by atoms with E-state index in [0.29, 0.717) is 19.4 Å². The van der Waals surface area contributed by atoms with E-state index in [2.05, 4.69) is 56.9 Å². The third-order valence-corrected chi connectivity index (χ3v) is 8.60. The quantitative estimate of drug-likeness (QED) is 0.185. The van der Waals surface area contributed by atoms with Gasteiger partial charge in [0.2, 0.25) is 11.8 Å². The van der Waals surface area contributed by atoms with Crippen LogP contribution in [0.15, 0.2) is 60.7 Å². The third kappa shape index (κ3) is 7.50. The van der Waals surface area contributed by atoms with Crippen molar-refractivity contribution in [1.82, 2.24) is 14.8 Å². The molecule has 4 aromatic rings. The summed E-state index contributed by atoms with van der Waals surface area (Å²) < 4.78 is 0. The van der Waals surface area contributed by atoms with Gasteiger partial charge in [-0.2, -0.15) is 0 Å². The number of carbonyl (C=O) groups excluding carboxylic acids is 2. The van der Waals surface area contributed by atoms with Gasteiger partial charge in [-0.3, -0.25) is 9.59 Å². The zero-order valence-corrected chi connectivity index (χ0v) is 25.1. The summed E-state index contributed by atoms with van der Waals surface area (Å²) in [4.78, 5) is 35.2. The molecular formula is C35H42N6O2. The van der Waals surface area contributed by atoms with E-state index in [1.807, 2.05) is 36.4 Å². The first-order valence-corrected chi connectivity index (χ1v) is 15.7. The van der Waals surface area contributed by atoms with Gasteiger partial charge in [0.1, 0.15) is 0 Å². The highest BCUT2D eigenvalue weighted by molar-refractivity contribution is 6.09. The predicted molar refractivity (Wildman–Crippen MR) is 176 cm³/mol. The Morgan fingerprint density at radius 1 is 0.721 bits per heavy atom. The molecule has 0 radical (unpaired) electrons. The van der Waals surface area contributed by atoms with Crippen LogP contribution in [0.25, 0.3) is 21.8 Å². The number of aryl methyl sites for hydroxylation is 1. The van der Waals surface area contributed by atoms with Crippen LogP contribution in [0.5, 0.6) is 0 Å². The van der Waals surface area contributed by atoms with Crippen LogP contribution >= 0.6 is 0 Å². The topological polar surface area (TPSA) is 89.6 Å². The summed E-state index contributed by atoms with van der Waals surface area (Å²) in [6.07, 6.45) is 5.83. The minimum Gasteiger partial charge on any atom is -0.380 e. The molecule has 2 aliphatic heterocycles. The minimum atomic E-state index is 0.0174. The Kier molecular flexibility index (Phi) is 9.15. The normalized spacial score (nSPS) is 15.7. The number of rotatable bonds is 11. The van der Waals surface area contributed by atoms with Crippen molar-refractivity contribution in [1.29, 1.82) is 0 Å². The third-order valence-electron chi connectivity index (χ3n) is 8.60. The largest absolute Gasteiger partial charge is 0.380 e. The number of hydrogen-bond donors (Lipinski definition) is 3. The highest BCUT2D eigenvalue weighted by Crippen LogP contribution is 2.34. The number of anilines is 3. The Morgan fingerprint density at radius 2 is 1.26 bits per heavy atom. The van der Waals surface area contributed by atoms with Crippen LogP contribution in [0.2, 0.25) is 0 Å². The first-order valence-electron chi connectivity index (χ1n) is 15.7. The summed E-state index contributed by atoms with van der Waals surface area (Å²) in [5.41, 5.74) is 6.45. The number of likely N-dealkylation sites (tertiary alicyclic amines) is 2. The fourth-order valence-electron chi connectivity index (χ4n) is 6.28. The number of carbonyl (C=O) groups is 2. The van der Waals surface area contributed by atoms with E-state index in [4.69, 9.17) is 4.98 Å². The predicted octanol–water partition coefficient (Wildman–Crippen LogP) is 6.16. The molecule has 0 saturated carbocycles. The van der Waals surface area contributed by atoms with Crippen molar-refractivity contribution < 1.29 is 9.59 Å². The lowest BCUT2D eigenvalue weighted by molar-refractivity contribution is -0.117. The summed E-state index contributed by atoms with van der Waals surface area (Å²) in [7, 11) is 0. The van der Waals surface area contributed by atoms with Crippen LogP contribution in [0.4, 0.5) is 17.1 Å². The molecule has 0 bridgehead atoms. The molecule has 2 aliphatic rings. The van der Waals surface area contributed by atoms with Crippen molar-refractivity contribution in [2.75, 3.05) is 55.2 Å². The molecule has 2 saturated heterocycles. The van der Waals surface area contributed by atoms with Gasteiger partial charge in [0.25, 0.3) is 0 Å². The zero-order chi connectivity index (χ0) is 29.6. The van der Waals surface area contributed by atoms with Gasteiger partial charge in [-0.1, -0.05) is 29.8 Å². The lowest BCUT2D eigenvalue weighted by Crippen LogP contribution is -2.25. The van der Waals surface area contributed by atoms with Crippen LogP contribution in [-0.4, -0.2) is 65.9 Å². The standard InChI is InChI=1S/C35H42N6O2/c1-25-7-6-8-26(21-25)24-36-35-29-11-9-27(37-33(42)13-19-40-15-2-3-16-40)22-31(29)39-32-23-28(10-12-30(32)35)38-34(43)14-20-41-17-4-5-18-41/h6-12,21-23H,2-5,13-20,24H2,1H3,(H,36,39)(H,37,42)(H,38,43). The molecule has 43 heavy (non-hydrogen) atoms. The second-order valence-corrected chi connectivity index (χ2v) is 12.0. The molecule has 2 fully saturated rings. The molecule has 3 heterocycles. The lowest BCUT2D eigenvalue weighted by Gasteiger charge is -2.17.